The van der Waals surface area contributed by atoms with Crippen LogP contribution in [0.5, 0.6) is 0 Å². The highest BCUT2D eigenvalue weighted by Gasteiger charge is 2.19. The topological polar surface area (TPSA) is 32.3 Å². The molecular formula is C15H18Cl2N2OS2. The van der Waals surface area contributed by atoms with Crippen molar-refractivity contribution in [3.63, 3.8) is 0 Å². The zero-order chi connectivity index (χ0) is 16.1. The number of halogens is 2. The molecule has 0 atom stereocenters. The first-order valence-corrected chi connectivity index (χ1v) is 9.28. The van der Waals surface area contributed by atoms with Crippen LogP contribution in [0.3, 0.4) is 0 Å². The maximum absolute atomic E-state index is 12.0. The van der Waals surface area contributed by atoms with Gasteiger partial charge in [-0.15, -0.1) is 0 Å². The molecule has 0 unspecified atom stereocenters. The number of thioether (sulfide) groups is 1. The maximum Gasteiger partial charge on any atom is 0.234 e. The van der Waals surface area contributed by atoms with E-state index in [0.29, 0.717) is 15.7 Å². The summed E-state index contributed by atoms with van der Waals surface area (Å²) in [6.45, 7) is 4.22. The molecule has 120 valence electrons. The van der Waals surface area contributed by atoms with E-state index in [9.17, 15) is 4.79 Å². The first-order valence-electron chi connectivity index (χ1n) is 7.13. The number of benzene rings is 1. The molecule has 1 saturated heterocycles. The van der Waals surface area contributed by atoms with E-state index in [0.717, 1.165) is 36.2 Å². The van der Waals surface area contributed by atoms with Gasteiger partial charge in [-0.25, -0.2) is 0 Å². The summed E-state index contributed by atoms with van der Waals surface area (Å²) in [7, 11) is 0. The van der Waals surface area contributed by atoms with Crippen LogP contribution in [0.1, 0.15) is 19.8 Å². The number of carbonyl (C=O) groups excluding carboxylic acids is 1. The van der Waals surface area contributed by atoms with Gasteiger partial charge in [0.1, 0.15) is 4.32 Å². The molecule has 1 aliphatic heterocycles. The minimum atomic E-state index is -0.137. The van der Waals surface area contributed by atoms with Crippen LogP contribution in [0.15, 0.2) is 18.2 Å². The van der Waals surface area contributed by atoms with Gasteiger partial charge in [-0.3, -0.25) is 4.79 Å². The molecular weight excluding hydrogens is 359 g/mol. The third-order valence-corrected chi connectivity index (χ3v) is 5.94. The van der Waals surface area contributed by atoms with E-state index >= 15 is 0 Å². The molecule has 1 fully saturated rings. The normalized spacial score (nSPS) is 15.7. The van der Waals surface area contributed by atoms with Crippen molar-refractivity contribution in [1.29, 1.82) is 0 Å². The molecule has 1 N–H and O–H groups in total. The number of hydrogen-bond acceptors (Lipinski definition) is 3. The van der Waals surface area contributed by atoms with Crippen molar-refractivity contribution in [3.8, 4) is 0 Å². The first kappa shape index (κ1) is 17.9. The largest absolute Gasteiger partial charge is 0.357 e. The second kappa shape index (κ2) is 8.39. The monoisotopic (exact) mass is 376 g/mol. The minimum absolute atomic E-state index is 0.137. The Morgan fingerprint density at radius 2 is 2.09 bits per heavy atom. The Bertz CT molecular complexity index is 560. The Morgan fingerprint density at radius 1 is 1.41 bits per heavy atom. The Morgan fingerprint density at radius 3 is 2.77 bits per heavy atom. The van der Waals surface area contributed by atoms with Gasteiger partial charge in [0.15, 0.2) is 0 Å². The summed E-state index contributed by atoms with van der Waals surface area (Å²) in [5.41, 5.74) is 0.525. The highest BCUT2D eigenvalue weighted by molar-refractivity contribution is 8.23. The van der Waals surface area contributed by atoms with Crippen molar-refractivity contribution in [3.05, 3.63) is 28.2 Å². The van der Waals surface area contributed by atoms with Gasteiger partial charge in [0.05, 0.1) is 21.5 Å². The zero-order valence-electron chi connectivity index (χ0n) is 12.3. The van der Waals surface area contributed by atoms with Crippen molar-refractivity contribution in [2.75, 3.05) is 24.2 Å². The Balaban J connectivity index is 1.80. The van der Waals surface area contributed by atoms with E-state index in [1.54, 1.807) is 18.2 Å². The summed E-state index contributed by atoms with van der Waals surface area (Å²) in [4.78, 5) is 14.2. The maximum atomic E-state index is 12.0. The lowest BCUT2D eigenvalue weighted by Crippen LogP contribution is -2.36. The Kier molecular flexibility index (Phi) is 6.81. The number of rotatable bonds is 3. The fraction of sp³-hybridized carbons (Fsp3) is 0.467. The van der Waals surface area contributed by atoms with Crippen molar-refractivity contribution in [1.82, 2.24) is 4.90 Å². The van der Waals surface area contributed by atoms with Crippen LogP contribution in [0.2, 0.25) is 10.0 Å². The number of piperidine rings is 1. The first-order chi connectivity index (χ1) is 10.5. The molecule has 3 nitrogen and oxygen atoms in total. The summed E-state index contributed by atoms with van der Waals surface area (Å²) in [5, 5.41) is 3.54. The molecule has 7 heteroatoms. The molecule has 1 heterocycles. The van der Waals surface area contributed by atoms with E-state index in [-0.39, 0.29) is 11.7 Å². The van der Waals surface area contributed by atoms with Crippen LogP contribution < -0.4 is 5.32 Å². The average Bonchev–Trinajstić information content (AvgIpc) is 2.50. The van der Waals surface area contributed by atoms with Crippen LogP contribution in [0.25, 0.3) is 0 Å². The molecule has 1 aliphatic rings. The lowest BCUT2D eigenvalue weighted by molar-refractivity contribution is -0.113. The SMILES string of the molecule is CC1CCN(C(=S)SCC(=O)Nc2cccc(Cl)c2Cl)CC1. The molecule has 1 aromatic rings. The second-order valence-electron chi connectivity index (χ2n) is 5.37. The number of likely N-dealkylation sites (tertiary alicyclic amines) is 1. The van der Waals surface area contributed by atoms with Gasteiger partial charge in [0.25, 0.3) is 0 Å². The number of anilines is 1. The number of amides is 1. The van der Waals surface area contributed by atoms with E-state index in [1.165, 1.54) is 11.8 Å². The van der Waals surface area contributed by atoms with Gasteiger partial charge in [-0.05, 0) is 30.9 Å². The number of nitrogens with one attached hydrogen (secondary N) is 1. The molecule has 0 radical (unpaired) electrons. The summed E-state index contributed by atoms with van der Waals surface area (Å²) < 4.78 is 0.791. The summed E-state index contributed by atoms with van der Waals surface area (Å²) in [6.07, 6.45) is 2.32. The lowest BCUT2D eigenvalue weighted by Gasteiger charge is -2.31. The summed E-state index contributed by atoms with van der Waals surface area (Å²) in [6, 6.07) is 5.15. The molecule has 0 aliphatic carbocycles. The molecule has 1 amide bonds. The molecule has 0 saturated carbocycles. The number of thiocarbonyl (C=S) groups is 1. The molecule has 1 aromatic carbocycles. The third-order valence-electron chi connectivity index (χ3n) is 3.59. The highest BCUT2D eigenvalue weighted by Crippen LogP contribution is 2.29. The molecule has 22 heavy (non-hydrogen) atoms. The second-order valence-corrected chi connectivity index (χ2v) is 7.77. The van der Waals surface area contributed by atoms with Crippen molar-refractivity contribution < 1.29 is 4.79 Å². The lowest BCUT2D eigenvalue weighted by atomic mass is 10.00. The summed E-state index contributed by atoms with van der Waals surface area (Å²) >= 11 is 18.8. The molecule has 2 rings (SSSR count). The van der Waals surface area contributed by atoms with Crippen molar-refractivity contribution >= 4 is 63.1 Å². The Labute approximate surface area is 150 Å². The van der Waals surface area contributed by atoms with Crippen LogP contribution in [0, 0.1) is 5.92 Å². The van der Waals surface area contributed by atoms with E-state index in [1.807, 2.05) is 0 Å². The third kappa shape index (κ3) is 5.01. The van der Waals surface area contributed by atoms with E-state index in [4.69, 9.17) is 35.4 Å². The van der Waals surface area contributed by atoms with Crippen LogP contribution >= 0.6 is 47.2 Å². The number of hydrogen-bond donors (Lipinski definition) is 1. The van der Waals surface area contributed by atoms with Crippen LogP contribution in [-0.4, -0.2) is 34.0 Å². The molecule has 0 spiro atoms. The highest BCUT2D eigenvalue weighted by atomic mass is 35.5. The number of nitrogens with zero attached hydrogens (tertiary/aromatic N) is 1. The Hall–Kier alpha value is -0.490. The van der Waals surface area contributed by atoms with E-state index < -0.39 is 0 Å². The minimum Gasteiger partial charge on any atom is -0.357 e. The molecule has 0 aromatic heterocycles. The smallest absolute Gasteiger partial charge is 0.234 e. The van der Waals surface area contributed by atoms with E-state index in [2.05, 4.69) is 17.1 Å². The van der Waals surface area contributed by atoms with Gasteiger partial charge in [0, 0.05) is 13.1 Å². The van der Waals surface area contributed by atoms with Gasteiger partial charge in [0.2, 0.25) is 5.91 Å². The molecule has 0 bridgehead atoms. The van der Waals surface area contributed by atoms with Gasteiger partial charge in [-0.1, -0.05) is 60.2 Å². The fourth-order valence-electron chi connectivity index (χ4n) is 2.20. The zero-order valence-corrected chi connectivity index (χ0v) is 15.4. The van der Waals surface area contributed by atoms with Gasteiger partial charge < -0.3 is 10.2 Å². The quantitative estimate of drug-likeness (QED) is 0.775. The number of carbonyl (C=O) groups is 1. The predicted octanol–water partition coefficient (Wildman–Crippen LogP) is 4.68. The summed E-state index contributed by atoms with van der Waals surface area (Å²) in [5.74, 6) is 0.896. The standard InChI is InChI=1S/C15H18Cl2N2OS2/c1-10-5-7-19(8-6-10)15(21)22-9-13(20)18-12-4-2-3-11(16)14(12)17/h2-4,10H,5-9H2,1H3,(H,18,20). The van der Waals surface area contributed by atoms with Gasteiger partial charge in [-0.2, -0.15) is 0 Å². The van der Waals surface area contributed by atoms with Crippen LogP contribution in [-0.2, 0) is 4.79 Å². The van der Waals surface area contributed by atoms with Crippen molar-refractivity contribution in [2.45, 2.75) is 19.8 Å². The van der Waals surface area contributed by atoms with Gasteiger partial charge >= 0.3 is 0 Å². The van der Waals surface area contributed by atoms with Crippen LogP contribution in [0.4, 0.5) is 5.69 Å². The average molecular weight is 377 g/mol. The fourth-order valence-corrected chi connectivity index (χ4v) is 3.60. The predicted molar refractivity (Wildman–Crippen MR) is 100 cm³/mol. The van der Waals surface area contributed by atoms with Crippen molar-refractivity contribution in [2.24, 2.45) is 5.92 Å².